The number of carbonyl (C=O) groups excluding carboxylic acids is 1. The molecule has 0 unspecified atom stereocenters. The summed E-state index contributed by atoms with van der Waals surface area (Å²) in [6.45, 7) is 9.02. The molecule has 29 heavy (non-hydrogen) atoms. The third kappa shape index (κ3) is 4.50. The second-order valence-electron chi connectivity index (χ2n) is 7.24. The quantitative estimate of drug-likeness (QED) is 0.527. The highest BCUT2D eigenvalue weighted by molar-refractivity contribution is 7.22. The van der Waals surface area contributed by atoms with E-state index in [9.17, 15) is 4.79 Å². The molecule has 1 aliphatic rings. The Labute approximate surface area is 179 Å². The maximum absolute atomic E-state index is 12.6. The zero-order chi connectivity index (χ0) is 20.2. The summed E-state index contributed by atoms with van der Waals surface area (Å²) in [6, 6.07) is 2.01. The van der Waals surface area contributed by atoms with Crippen molar-refractivity contribution in [2.75, 3.05) is 31.5 Å². The molecular formula is C21H27N5OS2. The summed E-state index contributed by atoms with van der Waals surface area (Å²) < 4.78 is 1.13. The van der Waals surface area contributed by atoms with Gasteiger partial charge in [0.2, 0.25) is 5.91 Å². The van der Waals surface area contributed by atoms with E-state index in [2.05, 4.69) is 34.4 Å². The number of amides is 1. The number of likely N-dealkylation sites (N-methyl/N-ethyl adjacent to an activating group) is 1. The molecule has 4 heterocycles. The number of hydrogen-bond donors (Lipinski definition) is 2. The van der Waals surface area contributed by atoms with E-state index in [4.69, 9.17) is 4.98 Å². The molecule has 1 amide bonds. The Kier molecular flexibility index (Phi) is 6.54. The van der Waals surface area contributed by atoms with Gasteiger partial charge in [-0.05, 0) is 37.6 Å². The van der Waals surface area contributed by atoms with E-state index in [-0.39, 0.29) is 5.91 Å². The van der Waals surface area contributed by atoms with Gasteiger partial charge in [0.05, 0.1) is 10.9 Å². The van der Waals surface area contributed by atoms with Crippen molar-refractivity contribution in [3.63, 3.8) is 0 Å². The Bertz CT molecular complexity index is 963. The summed E-state index contributed by atoms with van der Waals surface area (Å²) in [4.78, 5) is 25.4. The van der Waals surface area contributed by atoms with E-state index >= 15 is 0 Å². The molecule has 0 spiro atoms. The van der Waals surface area contributed by atoms with E-state index in [1.54, 1.807) is 28.9 Å². The number of carbonyl (C=O) groups is 1. The summed E-state index contributed by atoms with van der Waals surface area (Å²) in [7, 11) is 0. The fraction of sp³-hybridized carbons (Fsp3) is 0.476. The third-order valence-corrected chi connectivity index (χ3v) is 7.38. The molecule has 4 rings (SSSR count). The van der Waals surface area contributed by atoms with Crippen molar-refractivity contribution < 1.29 is 4.79 Å². The van der Waals surface area contributed by atoms with Gasteiger partial charge in [0.1, 0.15) is 15.5 Å². The smallest absolute Gasteiger partial charge is 0.226 e. The van der Waals surface area contributed by atoms with Crippen molar-refractivity contribution in [2.24, 2.45) is 0 Å². The van der Waals surface area contributed by atoms with Crippen LogP contribution in [-0.4, -0.2) is 47.0 Å². The number of aromatic nitrogens is 2. The first kappa shape index (κ1) is 20.4. The minimum absolute atomic E-state index is 0.0589. The largest absolute Gasteiger partial charge is 0.317 e. The van der Waals surface area contributed by atoms with Crippen LogP contribution in [0.3, 0.4) is 0 Å². The van der Waals surface area contributed by atoms with E-state index in [0.717, 1.165) is 64.8 Å². The lowest BCUT2D eigenvalue weighted by Gasteiger charge is -2.25. The SMILES string of the molecule is CCCNCCC(=O)Nc1sc2c(c1-c1nc3cnccc3s1)CCN(CC)C2. The predicted octanol–water partition coefficient (Wildman–Crippen LogP) is 4.13. The standard InChI is InChI=1S/C21H27N5OS2/c1-3-8-22-10-6-18(27)25-21-19(14-7-11-26(4-2)13-17(14)29-21)20-24-15-12-23-9-5-16(15)28-20/h5,9,12,22H,3-4,6-8,10-11,13H2,1-2H3,(H,25,27). The number of pyridine rings is 1. The van der Waals surface area contributed by atoms with Gasteiger partial charge in [-0.15, -0.1) is 22.7 Å². The van der Waals surface area contributed by atoms with Gasteiger partial charge in [-0.3, -0.25) is 14.7 Å². The summed E-state index contributed by atoms with van der Waals surface area (Å²) in [6.07, 6.45) is 6.16. The summed E-state index contributed by atoms with van der Waals surface area (Å²) in [5.74, 6) is 0.0589. The van der Waals surface area contributed by atoms with Crippen LogP contribution >= 0.6 is 22.7 Å². The lowest BCUT2D eigenvalue weighted by Crippen LogP contribution is -2.29. The number of anilines is 1. The third-order valence-electron chi connectivity index (χ3n) is 5.20. The lowest BCUT2D eigenvalue weighted by molar-refractivity contribution is -0.116. The van der Waals surface area contributed by atoms with E-state index in [1.165, 1.54) is 10.4 Å². The number of nitrogens with zero attached hydrogens (tertiary/aromatic N) is 3. The number of hydrogen-bond acceptors (Lipinski definition) is 7. The van der Waals surface area contributed by atoms with Crippen molar-refractivity contribution in [3.05, 3.63) is 28.9 Å². The Morgan fingerprint density at radius 1 is 1.28 bits per heavy atom. The molecule has 0 saturated carbocycles. The molecule has 0 aliphatic carbocycles. The van der Waals surface area contributed by atoms with Crippen molar-refractivity contribution in [1.29, 1.82) is 0 Å². The van der Waals surface area contributed by atoms with Gasteiger partial charge in [-0.2, -0.15) is 0 Å². The van der Waals surface area contributed by atoms with Gasteiger partial charge in [0.25, 0.3) is 0 Å². The Hall–Kier alpha value is -1.87. The second-order valence-corrected chi connectivity index (χ2v) is 9.37. The lowest BCUT2D eigenvalue weighted by atomic mass is 10.0. The molecule has 3 aromatic rings. The fourth-order valence-electron chi connectivity index (χ4n) is 3.62. The molecule has 0 bridgehead atoms. The van der Waals surface area contributed by atoms with Gasteiger partial charge in [-0.1, -0.05) is 13.8 Å². The Morgan fingerprint density at radius 3 is 2.97 bits per heavy atom. The average molecular weight is 430 g/mol. The minimum Gasteiger partial charge on any atom is -0.317 e. The summed E-state index contributed by atoms with van der Waals surface area (Å²) in [5, 5.41) is 8.42. The average Bonchev–Trinajstić information content (AvgIpc) is 3.30. The minimum atomic E-state index is 0.0589. The van der Waals surface area contributed by atoms with Crippen LogP contribution in [0.4, 0.5) is 5.00 Å². The first-order valence-corrected chi connectivity index (χ1v) is 11.9. The topological polar surface area (TPSA) is 70.1 Å². The van der Waals surface area contributed by atoms with Crippen LogP contribution in [0.1, 0.15) is 37.1 Å². The van der Waals surface area contributed by atoms with Crippen molar-refractivity contribution in [3.8, 4) is 10.6 Å². The van der Waals surface area contributed by atoms with E-state index in [1.807, 2.05) is 12.3 Å². The van der Waals surface area contributed by atoms with Gasteiger partial charge >= 0.3 is 0 Å². The van der Waals surface area contributed by atoms with Crippen molar-refractivity contribution in [1.82, 2.24) is 20.2 Å². The predicted molar refractivity (Wildman–Crippen MR) is 122 cm³/mol. The normalized spacial score (nSPS) is 14.3. The first-order valence-electron chi connectivity index (χ1n) is 10.3. The van der Waals surface area contributed by atoms with Crippen LogP contribution in [0, 0.1) is 0 Å². The monoisotopic (exact) mass is 429 g/mol. The van der Waals surface area contributed by atoms with E-state index in [0.29, 0.717) is 13.0 Å². The molecule has 2 N–H and O–H groups in total. The molecule has 0 fully saturated rings. The van der Waals surface area contributed by atoms with Crippen LogP contribution in [-0.2, 0) is 17.8 Å². The van der Waals surface area contributed by atoms with Crippen LogP contribution < -0.4 is 10.6 Å². The van der Waals surface area contributed by atoms with Crippen LogP contribution in [0.5, 0.6) is 0 Å². The maximum Gasteiger partial charge on any atom is 0.226 e. The molecule has 0 atom stereocenters. The molecule has 0 saturated heterocycles. The molecule has 3 aromatic heterocycles. The van der Waals surface area contributed by atoms with Crippen LogP contribution in [0.15, 0.2) is 18.5 Å². The molecule has 1 aliphatic heterocycles. The van der Waals surface area contributed by atoms with Gasteiger partial charge in [-0.25, -0.2) is 4.98 Å². The second kappa shape index (κ2) is 9.30. The zero-order valence-electron chi connectivity index (χ0n) is 17.0. The van der Waals surface area contributed by atoms with Crippen LogP contribution in [0.25, 0.3) is 20.8 Å². The Balaban J connectivity index is 1.65. The number of nitrogens with one attached hydrogen (secondary N) is 2. The maximum atomic E-state index is 12.6. The van der Waals surface area contributed by atoms with Gasteiger partial charge < -0.3 is 10.6 Å². The summed E-state index contributed by atoms with van der Waals surface area (Å²) >= 11 is 3.39. The van der Waals surface area contributed by atoms with Crippen LogP contribution in [0.2, 0.25) is 0 Å². The number of fused-ring (bicyclic) bond motifs is 2. The zero-order valence-corrected chi connectivity index (χ0v) is 18.6. The van der Waals surface area contributed by atoms with Crippen molar-refractivity contribution in [2.45, 2.75) is 39.7 Å². The summed E-state index contributed by atoms with van der Waals surface area (Å²) in [5.41, 5.74) is 3.39. The highest BCUT2D eigenvalue weighted by atomic mass is 32.1. The molecular weight excluding hydrogens is 402 g/mol. The Morgan fingerprint density at radius 2 is 2.17 bits per heavy atom. The van der Waals surface area contributed by atoms with Gasteiger partial charge in [0.15, 0.2) is 0 Å². The fourth-order valence-corrected chi connectivity index (χ4v) is 6.00. The van der Waals surface area contributed by atoms with E-state index < -0.39 is 0 Å². The first-order chi connectivity index (χ1) is 14.2. The number of rotatable bonds is 8. The van der Waals surface area contributed by atoms with Gasteiger partial charge in [0, 0.05) is 42.7 Å². The highest BCUT2D eigenvalue weighted by Gasteiger charge is 2.27. The molecule has 154 valence electrons. The molecule has 0 radical (unpaired) electrons. The number of thiophene rings is 1. The molecule has 8 heteroatoms. The molecule has 6 nitrogen and oxygen atoms in total. The molecule has 0 aromatic carbocycles. The highest BCUT2D eigenvalue weighted by Crippen LogP contribution is 2.45. The number of thiazole rings is 1. The van der Waals surface area contributed by atoms with Crippen molar-refractivity contribution >= 4 is 43.8 Å².